The summed E-state index contributed by atoms with van der Waals surface area (Å²) in [6.07, 6.45) is 1.85. The fraction of sp³-hybridized carbons (Fsp3) is 0.500. The van der Waals surface area contributed by atoms with Crippen LogP contribution in [0.5, 0.6) is 0 Å². The molecule has 0 N–H and O–H groups in total. The van der Waals surface area contributed by atoms with Gasteiger partial charge >= 0.3 is 0 Å². The molecule has 0 unspecified atom stereocenters. The third-order valence-corrected chi connectivity index (χ3v) is 1.69. The molecule has 1 amide bonds. The van der Waals surface area contributed by atoms with Gasteiger partial charge in [0.05, 0.1) is 12.6 Å². The molecule has 64 valence electrons. The molecule has 0 atom stereocenters. The Balaban J connectivity index is 2.50. The maximum Gasteiger partial charge on any atom is 0.237 e. The quantitative estimate of drug-likeness (QED) is 0.586. The van der Waals surface area contributed by atoms with E-state index in [1.54, 1.807) is 6.07 Å². The molecule has 0 aliphatic carbocycles. The van der Waals surface area contributed by atoms with Crippen LogP contribution in [0.4, 0.5) is 4.39 Å². The molecule has 0 aromatic carbocycles. The van der Waals surface area contributed by atoms with Crippen molar-refractivity contribution in [2.24, 2.45) is 0 Å². The average Bonchev–Trinajstić information content (AvgIpc) is 2.05. The molecule has 3 nitrogen and oxygen atoms in total. The largest absolute Gasteiger partial charge is 0.335 e. The molecule has 0 saturated heterocycles. The van der Waals surface area contributed by atoms with Gasteiger partial charge in [0.2, 0.25) is 5.91 Å². The summed E-state index contributed by atoms with van der Waals surface area (Å²) >= 11 is 0. The third kappa shape index (κ3) is 2.06. The first-order valence-corrected chi connectivity index (χ1v) is 3.73. The maximum absolute atomic E-state index is 12.6. The molecule has 1 aliphatic heterocycles. The fourth-order valence-corrected chi connectivity index (χ4v) is 1.10. The summed E-state index contributed by atoms with van der Waals surface area (Å²) in [5.74, 6) is -0.576. The lowest BCUT2D eigenvalue weighted by atomic mass is 10.2. The van der Waals surface area contributed by atoms with Crippen LogP contribution in [-0.2, 0) is 4.79 Å². The maximum atomic E-state index is 12.6. The second-order valence-corrected chi connectivity index (χ2v) is 2.59. The minimum atomic E-state index is -0.291. The molecule has 1 heterocycles. The van der Waals surface area contributed by atoms with E-state index < -0.39 is 0 Å². The lowest BCUT2D eigenvalue weighted by Crippen LogP contribution is -2.34. The van der Waals surface area contributed by atoms with Crippen molar-refractivity contribution in [3.05, 3.63) is 11.9 Å². The van der Waals surface area contributed by atoms with Crippen LogP contribution < -0.4 is 0 Å². The van der Waals surface area contributed by atoms with Gasteiger partial charge in [-0.2, -0.15) is 5.26 Å². The highest BCUT2D eigenvalue weighted by atomic mass is 19.1. The van der Waals surface area contributed by atoms with Crippen molar-refractivity contribution in [1.82, 2.24) is 4.90 Å². The topological polar surface area (TPSA) is 44.1 Å². The van der Waals surface area contributed by atoms with Gasteiger partial charge in [0.15, 0.2) is 0 Å². The van der Waals surface area contributed by atoms with Gasteiger partial charge in [-0.25, -0.2) is 4.39 Å². The summed E-state index contributed by atoms with van der Waals surface area (Å²) in [5, 5.41) is 8.23. The molecular formula is C8H9FN2O. The van der Waals surface area contributed by atoms with Crippen LogP contribution in [0.25, 0.3) is 0 Å². The normalized spacial score (nSPS) is 16.7. The number of carbonyl (C=O) groups excluding carboxylic acids is 1. The molecule has 0 saturated carbocycles. The molecule has 1 aliphatic rings. The van der Waals surface area contributed by atoms with E-state index in [0.717, 1.165) is 0 Å². The number of rotatable bonds is 1. The number of amides is 1. The van der Waals surface area contributed by atoms with E-state index in [-0.39, 0.29) is 24.7 Å². The van der Waals surface area contributed by atoms with Crippen LogP contribution in [0.2, 0.25) is 0 Å². The standard InChI is InChI=1S/C8H9FN2O/c9-7-2-1-5-11(6-7)8(12)3-4-10/h2H,1,3,5-6H2. The zero-order chi connectivity index (χ0) is 8.97. The third-order valence-electron chi connectivity index (χ3n) is 1.69. The highest BCUT2D eigenvalue weighted by Crippen LogP contribution is 2.10. The Hall–Kier alpha value is -1.37. The Bertz CT molecular complexity index is 254. The van der Waals surface area contributed by atoms with Crippen LogP contribution in [0, 0.1) is 11.3 Å². The van der Waals surface area contributed by atoms with Crippen molar-refractivity contribution in [2.75, 3.05) is 13.1 Å². The van der Waals surface area contributed by atoms with Crippen molar-refractivity contribution < 1.29 is 9.18 Å². The van der Waals surface area contributed by atoms with Gasteiger partial charge in [-0.1, -0.05) is 0 Å². The van der Waals surface area contributed by atoms with Crippen LogP contribution in [-0.4, -0.2) is 23.9 Å². The molecule has 4 heteroatoms. The first kappa shape index (κ1) is 8.72. The lowest BCUT2D eigenvalue weighted by molar-refractivity contribution is -0.130. The van der Waals surface area contributed by atoms with Crippen molar-refractivity contribution >= 4 is 5.91 Å². The predicted molar refractivity (Wildman–Crippen MR) is 40.6 cm³/mol. The second-order valence-electron chi connectivity index (χ2n) is 2.59. The van der Waals surface area contributed by atoms with Gasteiger partial charge in [-0.3, -0.25) is 4.79 Å². The van der Waals surface area contributed by atoms with Gasteiger partial charge in [0.25, 0.3) is 0 Å². The number of hydrogen-bond donors (Lipinski definition) is 0. The van der Waals surface area contributed by atoms with E-state index in [1.165, 1.54) is 11.0 Å². The van der Waals surface area contributed by atoms with E-state index in [2.05, 4.69) is 0 Å². The van der Waals surface area contributed by atoms with Crippen LogP contribution in [0.1, 0.15) is 12.8 Å². The summed E-state index contributed by atoms with van der Waals surface area (Å²) in [7, 11) is 0. The SMILES string of the molecule is N#CCC(=O)N1CCC=C(F)C1. The Morgan fingerprint density at radius 2 is 2.58 bits per heavy atom. The van der Waals surface area contributed by atoms with Gasteiger partial charge < -0.3 is 4.90 Å². The highest BCUT2D eigenvalue weighted by Gasteiger charge is 2.17. The van der Waals surface area contributed by atoms with Gasteiger partial charge in [0.1, 0.15) is 12.2 Å². The molecule has 0 bridgehead atoms. The van der Waals surface area contributed by atoms with E-state index in [4.69, 9.17) is 5.26 Å². The van der Waals surface area contributed by atoms with Crippen molar-refractivity contribution in [3.63, 3.8) is 0 Å². The molecule has 12 heavy (non-hydrogen) atoms. The number of nitriles is 1. The van der Waals surface area contributed by atoms with Crippen molar-refractivity contribution in [3.8, 4) is 6.07 Å². The van der Waals surface area contributed by atoms with E-state index in [0.29, 0.717) is 13.0 Å². The van der Waals surface area contributed by atoms with Crippen LogP contribution in [0.15, 0.2) is 11.9 Å². The van der Waals surface area contributed by atoms with Gasteiger partial charge in [0, 0.05) is 6.54 Å². The summed E-state index contributed by atoms with van der Waals surface area (Å²) in [6, 6.07) is 1.75. The minimum absolute atomic E-state index is 0.0283. The summed E-state index contributed by atoms with van der Waals surface area (Å²) in [5.41, 5.74) is 0. The molecule has 0 fully saturated rings. The minimum Gasteiger partial charge on any atom is -0.335 e. The van der Waals surface area contributed by atoms with Crippen molar-refractivity contribution in [1.29, 1.82) is 5.26 Å². The van der Waals surface area contributed by atoms with E-state index >= 15 is 0 Å². The fourth-order valence-electron chi connectivity index (χ4n) is 1.10. The summed E-state index contributed by atoms with van der Waals surface area (Å²) in [6.45, 7) is 0.550. The predicted octanol–water partition coefficient (Wildman–Crippen LogP) is 0.986. The van der Waals surface area contributed by atoms with Crippen LogP contribution in [0.3, 0.4) is 0 Å². The van der Waals surface area contributed by atoms with Gasteiger partial charge in [-0.15, -0.1) is 0 Å². The molecule has 1 rings (SSSR count). The number of hydrogen-bond acceptors (Lipinski definition) is 2. The average molecular weight is 168 g/mol. The Labute approximate surface area is 70.1 Å². The zero-order valence-corrected chi connectivity index (χ0v) is 6.59. The summed E-state index contributed by atoms with van der Waals surface area (Å²) in [4.78, 5) is 12.4. The number of halogens is 1. The first-order valence-electron chi connectivity index (χ1n) is 3.73. The molecule has 0 spiro atoms. The Morgan fingerprint density at radius 1 is 1.83 bits per heavy atom. The monoisotopic (exact) mass is 168 g/mol. The molecule has 0 aromatic rings. The zero-order valence-electron chi connectivity index (χ0n) is 6.59. The molecule has 0 radical (unpaired) electrons. The Morgan fingerprint density at radius 3 is 3.17 bits per heavy atom. The first-order chi connectivity index (χ1) is 5.74. The molecular weight excluding hydrogens is 159 g/mol. The van der Waals surface area contributed by atoms with E-state index in [1.807, 2.05) is 0 Å². The van der Waals surface area contributed by atoms with Gasteiger partial charge in [-0.05, 0) is 12.5 Å². The summed E-state index contributed by atoms with van der Waals surface area (Å²) < 4.78 is 12.6. The Kier molecular flexibility index (Phi) is 2.81. The highest BCUT2D eigenvalue weighted by molar-refractivity contribution is 5.78. The van der Waals surface area contributed by atoms with Crippen LogP contribution >= 0.6 is 0 Å². The lowest BCUT2D eigenvalue weighted by Gasteiger charge is -2.23. The smallest absolute Gasteiger partial charge is 0.237 e. The second kappa shape index (κ2) is 3.86. The number of nitrogens with zero attached hydrogens (tertiary/aromatic N) is 2. The van der Waals surface area contributed by atoms with Crippen molar-refractivity contribution in [2.45, 2.75) is 12.8 Å². The number of carbonyl (C=O) groups is 1. The van der Waals surface area contributed by atoms with E-state index in [9.17, 15) is 9.18 Å². The molecule has 0 aromatic heterocycles.